The van der Waals surface area contributed by atoms with Gasteiger partial charge in [0.1, 0.15) is 5.82 Å². The van der Waals surface area contributed by atoms with E-state index >= 15 is 0 Å². The number of piperazine rings is 1. The number of aryl methyl sites for hydroxylation is 1. The van der Waals surface area contributed by atoms with Gasteiger partial charge in [0.15, 0.2) is 0 Å². The number of rotatable bonds is 3. The molecule has 1 aliphatic rings. The second kappa shape index (κ2) is 7.12. The van der Waals surface area contributed by atoms with E-state index in [9.17, 15) is 9.18 Å². The number of hydrogen-bond donors (Lipinski definition) is 0. The van der Waals surface area contributed by atoms with Gasteiger partial charge in [0.05, 0.1) is 16.5 Å². The Morgan fingerprint density at radius 1 is 1.25 bits per heavy atom. The van der Waals surface area contributed by atoms with E-state index in [1.807, 2.05) is 30.0 Å². The highest BCUT2D eigenvalue weighted by Gasteiger charge is 2.23. The predicted molar refractivity (Wildman–Crippen MR) is 91.4 cm³/mol. The Labute approximate surface area is 144 Å². The van der Waals surface area contributed by atoms with E-state index in [0.29, 0.717) is 30.8 Å². The van der Waals surface area contributed by atoms with E-state index in [-0.39, 0.29) is 11.7 Å². The first-order valence-corrected chi connectivity index (χ1v) is 8.65. The van der Waals surface area contributed by atoms with Crippen LogP contribution in [0.15, 0.2) is 30.3 Å². The van der Waals surface area contributed by atoms with Crippen molar-refractivity contribution in [1.29, 1.82) is 5.26 Å². The third kappa shape index (κ3) is 3.64. The zero-order valence-electron chi connectivity index (χ0n) is 13.5. The molecular formula is C18H18FN3OS. The second-order valence-corrected chi connectivity index (χ2v) is 7.18. The van der Waals surface area contributed by atoms with Crippen molar-refractivity contribution in [3.05, 3.63) is 57.0 Å². The van der Waals surface area contributed by atoms with Gasteiger partial charge < -0.3 is 4.90 Å². The third-order valence-corrected chi connectivity index (χ3v) is 5.18. The standard InChI is InChI=1S/C18H18FN3OS/c1-13-2-5-17(24-13)18(23)22-8-6-21(7-9-22)12-15-4-3-14(11-20)10-16(15)19/h2-5,10H,6-9,12H2,1H3. The average Bonchev–Trinajstić information content (AvgIpc) is 3.03. The molecule has 0 bridgehead atoms. The lowest BCUT2D eigenvalue weighted by Crippen LogP contribution is -2.48. The van der Waals surface area contributed by atoms with Gasteiger partial charge in [0.2, 0.25) is 0 Å². The summed E-state index contributed by atoms with van der Waals surface area (Å²) < 4.78 is 14.0. The Morgan fingerprint density at radius 3 is 2.58 bits per heavy atom. The normalized spacial score (nSPS) is 15.3. The maximum Gasteiger partial charge on any atom is 0.264 e. The SMILES string of the molecule is Cc1ccc(C(=O)N2CCN(Cc3ccc(C#N)cc3F)CC2)s1. The van der Waals surface area contributed by atoms with Crippen LogP contribution in [0.2, 0.25) is 0 Å². The Kier molecular flexibility index (Phi) is 4.93. The molecule has 0 unspecified atom stereocenters. The van der Waals surface area contributed by atoms with Crippen molar-refractivity contribution in [1.82, 2.24) is 9.80 Å². The average molecular weight is 343 g/mol. The van der Waals surface area contributed by atoms with Crippen LogP contribution in [0.25, 0.3) is 0 Å². The van der Waals surface area contributed by atoms with E-state index < -0.39 is 0 Å². The molecule has 4 nitrogen and oxygen atoms in total. The molecule has 2 aromatic rings. The van der Waals surface area contributed by atoms with Crippen LogP contribution in [0.3, 0.4) is 0 Å². The topological polar surface area (TPSA) is 47.3 Å². The molecule has 1 aliphatic heterocycles. The summed E-state index contributed by atoms with van der Waals surface area (Å²) >= 11 is 1.52. The number of halogens is 1. The third-order valence-electron chi connectivity index (χ3n) is 4.19. The zero-order valence-corrected chi connectivity index (χ0v) is 14.3. The summed E-state index contributed by atoms with van der Waals surface area (Å²) in [7, 11) is 0. The highest BCUT2D eigenvalue weighted by atomic mass is 32.1. The van der Waals surface area contributed by atoms with Gasteiger partial charge in [-0.15, -0.1) is 11.3 Å². The maximum absolute atomic E-state index is 14.0. The van der Waals surface area contributed by atoms with Gasteiger partial charge in [-0.2, -0.15) is 5.26 Å². The minimum atomic E-state index is -0.346. The molecule has 6 heteroatoms. The molecule has 0 spiro atoms. The van der Waals surface area contributed by atoms with Gasteiger partial charge in [-0.05, 0) is 31.2 Å². The van der Waals surface area contributed by atoms with E-state index in [1.165, 1.54) is 17.4 Å². The van der Waals surface area contributed by atoms with E-state index in [4.69, 9.17) is 5.26 Å². The molecule has 0 N–H and O–H groups in total. The van der Waals surface area contributed by atoms with Crippen LogP contribution in [-0.4, -0.2) is 41.9 Å². The lowest BCUT2D eigenvalue weighted by molar-refractivity contribution is 0.0632. The summed E-state index contributed by atoms with van der Waals surface area (Å²) in [6.45, 7) is 5.22. The summed E-state index contributed by atoms with van der Waals surface area (Å²) in [5.41, 5.74) is 0.917. The van der Waals surface area contributed by atoms with Gasteiger partial charge in [-0.25, -0.2) is 4.39 Å². The predicted octanol–water partition coefficient (Wildman–Crippen LogP) is 3.03. The summed E-state index contributed by atoms with van der Waals surface area (Å²) in [5, 5.41) is 8.79. The van der Waals surface area contributed by atoms with Crippen molar-refractivity contribution >= 4 is 17.2 Å². The van der Waals surface area contributed by atoms with E-state index in [1.54, 1.807) is 12.1 Å². The molecular weight excluding hydrogens is 325 g/mol. The van der Waals surface area contributed by atoms with E-state index in [2.05, 4.69) is 4.90 Å². The Balaban J connectivity index is 1.57. The highest BCUT2D eigenvalue weighted by Crippen LogP contribution is 2.19. The summed E-state index contributed by atoms with van der Waals surface area (Å²) in [6, 6.07) is 10.3. The molecule has 1 fully saturated rings. The minimum Gasteiger partial charge on any atom is -0.335 e. The lowest BCUT2D eigenvalue weighted by Gasteiger charge is -2.34. The van der Waals surface area contributed by atoms with Crippen molar-refractivity contribution in [2.45, 2.75) is 13.5 Å². The Bertz CT molecular complexity index is 788. The van der Waals surface area contributed by atoms with Crippen LogP contribution in [0.1, 0.15) is 25.7 Å². The molecule has 1 saturated heterocycles. The molecule has 124 valence electrons. The van der Waals surface area contributed by atoms with Crippen molar-refractivity contribution in [2.75, 3.05) is 26.2 Å². The van der Waals surface area contributed by atoms with Crippen LogP contribution < -0.4 is 0 Å². The molecule has 0 aliphatic carbocycles. The number of benzene rings is 1. The highest BCUT2D eigenvalue weighted by molar-refractivity contribution is 7.13. The fourth-order valence-corrected chi connectivity index (χ4v) is 3.64. The van der Waals surface area contributed by atoms with Gasteiger partial charge in [0.25, 0.3) is 5.91 Å². The number of hydrogen-bond acceptors (Lipinski definition) is 4. The number of nitriles is 1. The fraction of sp³-hybridized carbons (Fsp3) is 0.333. The summed E-state index contributed by atoms with van der Waals surface area (Å²) in [6.07, 6.45) is 0. The van der Waals surface area contributed by atoms with Gasteiger partial charge in [-0.3, -0.25) is 9.69 Å². The fourth-order valence-electron chi connectivity index (χ4n) is 2.80. The molecule has 3 rings (SSSR count). The van der Waals surface area contributed by atoms with Gasteiger partial charge in [-0.1, -0.05) is 6.07 Å². The number of nitrogens with zero attached hydrogens (tertiary/aromatic N) is 3. The summed E-state index contributed by atoms with van der Waals surface area (Å²) in [4.78, 5) is 18.3. The molecule has 0 radical (unpaired) electrons. The number of carbonyl (C=O) groups is 1. The van der Waals surface area contributed by atoms with Gasteiger partial charge in [0, 0.05) is 43.2 Å². The minimum absolute atomic E-state index is 0.0808. The number of amides is 1. The first-order chi connectivity index (χ1) is 11.6. The van der Waals surface area contributed by atoms with Crippen LogP contribution in [0.4, 0.5) is 4.39 Å². The van der Waals surface area contributed by atoms with Crippen LogP contribution in [0.5, 0.6) is 0 Å². The van der Waals surface area contributed by atoms with E-state index in [0.717, 1.165) is 22.8 Å². The Morgan fingerprint density at radius 2 is 2.00 bits per heavy atom. The zero-order chi connectivity index (χ0) is 17.1. The second-order valence-electron chi connectivity index (χ2n) is 5.90. The molecule has 1 amide bonds. The van der Waals surface area contributed by atoms with Crippen molar-refractivity contribution in [3.8, 4) is 6.07 Å². The summed E-state index contributed by atoms with van der Waals surface area (Å²) in [5.74, 6) is -0.265. The quantitative estimate of drug-likeness (QED) is 0.861. The van der Waals surface area contributed by atoms with Crippen LogP contribution >= 0.6 is 11.3 Å². The number of thiophene rings is 1. The first kappa shape index (κ1) is 16.6. The molecule has 1 aromatic carbocycles. The Hall–Kier alpha value is -2.23. The largest absolute Gasteiger partial charge is 0.335 e. The molecule has 24 heavy (non-hydrogen) atoms. The molecule has 0 atom stereocenters. The van der Waals surface area contributed by atoms with Gasteiger partial charge >= 0.3 is 0 Å². The van der Waals surface area contributed by atoms with Crippen molar-refractivity contribution < 1.29 is 9.18 Å². The smallest absolute Gasteiger partial charge is 0.264 e. The monoisotopic (exact) mass is 343 g/mol. The lowest BCUT2D eigenvalue weighted by atomic mass is 10.1. The molecule has 1 aromatic heterocycles. The first-order valence-electron chi connectivity index (χ1n) is 7.83. The van der Waals surface area contributed by atoms with Crippen LogP contribution in [0, 0.1) is 24.1 Å². The molecule has 0 saturated carbocycles. The van der Waals surface area contributed by atoms with Crippen LogP contribution in [-0.2, 0) is 6.54 Å². The molecule has 2 heterocycles. The van der Waals surface area contributed by atoms with Crippen molar-refractivity contribution in [3.63, 3.8) is 0 Å². The maximum atomic E-state index is 14.0. The number of carbonyl (C=O) groups excluding carboxylic acids is 1. The van der Waals surface area contributed by atoms with Crippen molar-refractivity contribution in [2.24, 2.45) is 0 Å².